The summed E-state index contributed by atoms with van der Waals surface area (Å²) in [7, 11) is -4.27. The molecule has 0 radical (unpaired) electrons. The van der Waals surface area contributed by atoms with E-state index in [4.69, 9.17) is 0 Å². The Morgan fingerprint density at radius 1 is 1.17 bits per heavy atom. The van der Waals surface area contributed by atoms with Gasteiger partial charge in [0.05, 0.1) is 4.90 Å². The molecule has 1 rings (SSSR count). The van der Waals surface area contributed by atoms with Gasteiger partial charge in [-0.2, -0.15) is 0 Å². The maximum Gasteiger partial charge on any atom is 0.124 e. The highest BCUT2D eigenvalue weighted by molar-refractivity contribution is 7.85. The lowest BCUT2D eigenvalue weighted by molar-refractivity contribution is 0.463. The number of aryl methyl sites for hydroxylation is 1. The van der Waals surface area contributed by atoms with Crippen molar-refractivity contribution in [2.75, 3.05) is 0 Å². The average molecular weight is 206 g/mol. The minimum atomic E-state index is -4.27. The Hall–Kier alpha value is -0.520. The molecule has 0 saturated carbocycles. The number of hydrogen-bond acceptors (Lipinski definition) is 3. The fourth-order valence-electron chi connectivity index (χ4n) is 0.705. The standard InChI is InChI=1S/C7H8O3S.H2S/c1-6-2-4-7(5-3-6)11(8,9)10;/h2-5H,1H3,(H,8,9,10);1H2. The summed E-state index contributed by atoms with van der Waals surface area (Å²) in [6.07, 6.45) is 0. The monoisotopic (exact) mass is 206 g/mol. The molecule has 0 aromatic heterocycles. The first-order valence-corrected chi connectivity index (χ1v) is 4.43. The van der Waals surface area contributed by atoms with E-state index in [2.05, 4.69) is 0 Å². The SMILES string of the molecule is Cc1ccc(S(=O)(=O)[O-])cc1.[SH3+]. The Balaban J connectivity index is 0.00000121. The number of rotatable bonds is 1. The second-order valence-electron chi connectivity index (χ2n) is 2.27. The van der Waals surface area contributed by atoms with Gasteiger partial charge >= 0.3 is 0 Å². The highest BCUT2D eigenvalue weighted by Crippen LogP contribution is 2.08. The lowest BCUT2D eigenvalue weighted by Crippen LogP contribution is -1.97. The van der Waals surface area contributed by atoms with Crippen LogP contribution in [0.4, 0.5) is 0 Å². The number of hydrogen-bond donors (Lipinski definition) is 0. The van der Waals surface area contributed by atoms with Gasteiger partial charge in [-0.3, -0.25) is 0 Å². The first-order chi connectivity index (χ1) is 5.00. The van der Waals surface area contributed by atoms with E-state index in [9.17, 15) is 13.0 Å². The molecule has 0 heterocycles. The van der Waals surface area contributed by atoms with E-state index < -0.39 is 10.1 Å². The summed E-state index contributed by atoms with van der Waals surface area (Å²) in [5.41, 5.74) is 0.928. The predicted molar refractivity (Wildman–Crippen MR) is 50.7 cm³/mol. The van der Waals surface area contributed by atoms with E-state index in [0.717, 1.165) is 5.56 Å². The minimum Gasteiger partial charge on any atom is -0.744 e. The van der Waals surface area contributed by atoms with Crippen LogP contribution >= 0.6 is 0 Å². The van der Waals surface area contributed by atoms with Gasteiger partial charge in [-0.25, -0.2) is 8.42 Å². The van der Waals surface area contributed by atoms with Gasteiger partial charge < -0.3 is 4.55 Å². The molecule has 0 amide bonds. The molecule has 5 heteroatoms. The summed E-state index contributed by atoms with van der Waals surface area (Å²) in [4.78, 5) is -0.178. The molecule has 12 heavy (non-hydrogen) atoms. The molecule has 0 N–H and O–H groups in total. The summed E-state index contributed by atoms with van der Waals surface area (Å²) in [5, 5.41) is 0. The second kappa shape index (κ2) is 3.93. The van der Waals surface area contributed by atoms with E-state index in [1.54, 1.807) is 12.1 Å². The number of benzene rings is 1. The molecule has 0 fully saturated rings. The van der Waals surface area contributed by atoms with Crippen LogP contribution in [0.15, 0.2) is 29.2 Å². The van der Waals surface area contributed by atoms with Gasteiger partial charge in [0.1, 0.15) is 10.1 Å². The molecule has 3 nitrogen and oxygen atoms in total. The van der Waals surface area contributed by atoms with Crippen molar-refractivity contribution in [3.63, 3.8) is 0 Å². The van der Waals surface area contributed by atoms with Gasteiger partial charge in [0.2, 0.25) is 0 Å². The Morgan fingerprint density at radius 3 is 1.92 bits per heavy atom. The van der Waals surface area contributed by atoms with Crippen molar-refractivity contribution in [3.8, 4) is 0 Å². The molecule has 0 aliphatic rings. The van der Waals surface area contributed by atoms with E-state index >= 15 is 0 Å². The zero-order valence-electron chi connectivity index (χ0n) is 6.52. The lowest BCUT2D eigenvalue weighted by Gasteiger charge is -2.05. The van der Waals surface area contributed by atoms with Crippen LogP contribution in [0.1, 0.15) is 5.56 Å². The average Bonchev–Trinajstić information content (AvgIpc) is 1.86. The Kier molecular flexibility index (Phi) is 3.76. The molecule has 0 aliphatic carbocycles. The summed E-state index contributed by atoms with van der Waals surface area (Å²) < 4.78 is 31.2. The van der Waals surface area contributed by atoms with Crippen molar-refractivity contribution in [1.29, 1.82) is 0 Å². The van der Waals surface area contributed by atoms with Crippen LogP contribution in [0.5, 0.6) is 0 Å². The van der Waals surface area contributed by atoms with Crippen molar-refractivity contribution in [1.82, 2.24) is 0 Å². The van der Waals surface area contributed by atoms with Gasteiger partial charge in [0.15, 0.2) is 0 Å². The van der Waals surface area contributed by atoms with Crippen molar-refractivity contribution >= 4 is 23.6 Å². The minimum absolute atomic E-state index is 0. The topological polar surface area (TPSA) is 57.2 Å². The van der Waals surface area contributed by atoms with Gasteiger partial charge in [-0.1, -0.05) is 31.2 Å². The molecule has 68 valence electrons. The predicted octanol–water partition coefficient (Wildman–Crippen LogP) is 0.0936. The quantitative estimate of drug-likeness (QED) is 0.483. The molecule has 0 bridgehead atoms. The fraction of sp³-hybridized carbons (Fsp3) is 0.143. The largest absolute Gasteiger partial charge is 0.744 e. The zero-order chi connectivity index (χ0) is 8.48. The van der Waals surface area contributed by atoms with Crippen LogP contribution in [0.2, 0.25) is 0 Å². The maximum absolute atomic E-state index is 10.4. The smallest absolute Gasteiger partial charge is 0.124 e. The fourth-order valence-corrected chi connectivity index (χ4v) is 1.17. The molecule has 0 unspecified atom stereocenters. The third-order valence-electron chi connectivity index (χ3n) is 1.31. The van der Waals surface area contributed by atoms with Crippen LogP contribution in [0.3, 0.4) is 0 Å². The maximum atomic E-state index is 10.4. The van der Waals surface area contributed by atoms with Gasteiger partial charge in [-0.15, -0.1) is 0 Å². The molecular weight excluding hydrogens is 196 g/mol. The van der Waals surface area contributed by atoms with Crippen LogP contribution in [0, 0.1) is 6.92 Å². The molecule has 1 aromatic rings. The van der Waals surface area contributed by atoms with Crippen LogP contribution in [-0.2, 0) is 23.6 Å². The van der Waals surface area contributed by atoms with Crippen molar-refractivity contribution in [2.24, 2.45) is 0 Å². The summed E-state index contributed by atoms with van der Waals surface area (Å²) in [6, 6.07) is 5.78. The molecule has 0 aliphatic heterocycles. The lowest BCUT2D eigenvalue weighted by atomic mass is 10.2. The molecule has 0 atom stereocenters. The van der Waals surface area contributed by atoms with E-state index in [1.165, 1.54) is 12.1 Å². The van der Waals surface area contributed by atoms with Gasteiger partial charge in [0, 0.05) is 0 Å². The molecule has 0 saturated heterocycles. The first-order valence-electron chi connectivity index (χ1n) is 3.03. The molecule has 0 spiro atoms. The highest BCUT2D eigenvalue weighted by atomic mass is 32.2. The van der Waals surface area contributed by atoms with E-state index in [0.29, 0.717) is 0 Å². The van der Waals surface area contributed by atoms with Crippen LogP contribution < -0.4 is 0 Å². The third-order valence-corrected chi connectivity index (χ3v) is 2.16. The summed E-state index contributed by atoms with van der Waals surface area (Å²) >= 11 is 0. The summed E-state index contributed by atoms with van der Waals surface area (Å²) in [5.74, 6) is 0. The first kappa shape index (κ1) is 11.5. The highest BCUT2D eigenvalue weighted by Gasteiger charge is 1.97. The van der Waals surface area contributed by atoms with Crippen molar-refractivity contribution < 1.29 is 13.0 Å². The normalized spacial score (nSPS) is 10.5. The van der Waals surface area contributed by atoms with E-state index in [1.807, 2.05) is 6.92 Å². The molecule has 1 aromatic carbocycles. The third kappa shape index (κ3) is 2.84. The Bertz CT molecular complexity index is 339. The molecular formula is C7H10O3S2. The van der Waals surface area contributed by atoms with E-state index in [-0.39, 0.29) is 18.4 Å². The second-order valence-corrected chi connectivity index (χ2v) is 3.65. The summed E-state index contributed by atoms with van der Waals surface area (Å²) in [6.45, 7) is 1.82. The van der Waals surface area contributed by atoms with Crippen molar-refractivity contribution in [2.45, 2.75) is 11.8 Å². The zero-order valence-corrected chi connectivity index (χ0v) is 8.49. The Labute approximate surface area is 78.6 Å². The van der Waals surface area contributed by atoms with Crippen LogP contribution in [0.25, 0.3) is 0 Å². The Morgan fingerprint density at radius 2 is 1.58 bits per heavy atom. The van der Waals surface area contributed by atoms with Crippen molar-refractivity contribution in [3.05, 3.63) is 29.8 Å². The van der Waals surface area contributed by atoms with Gasteiger partial charge in [0.25, 0.3) is 0 Å². The van der Waals surface area contributed by atoms with Crippen LogP contribution in [-0.4, -0.2) is 13.0 Å². The van der Waals surface area contributed by atoms with Gasteiger partial charge in [-0.05, 0) is 19.1 Å².